The third kappa shape index (κ3) is 2.94. The van der Waals surface area contributed by atoms with Crippen LogP contribution >= 0.6 is 0 Å². The Labute approximate surface area is 87.5 Å². The molecule has 3 atom stereocenters. The average Bonchev–Trinajstić information content (AvgIpc) is 2.43. The number of hydrogen-bond acceptors (Lipinski definition) is 3. The number of rotatable bonds is 4. The zero-order valence-corrected chi connectivity index (χ0v) is 9.83. The summed E-state index contributed by atoms with van der Waals surface area (Å²) < 4.78 is 0. The smallest absolute Gasteiger partial charge is 0.0636 e. The van der Waals surface area contributed by atoms with E-state index in [0.29, 0.717) is 24.7 Å². The lowest BCUT2D eigenvalue weighted by atomic mass is 10.1. The summed E-state index contributed by atoms with van der Waals surface area (Å²) in [6.07, 6.45) is 0.960. The van der Waals surface area contributed by atoms with Crippen LogP contribution in [-0.2, 0) is 0 Å². The van der Waals surface area contributed by atoms with Crippen molar-refractivity contribution in [3.8, 4) is 0 Å². The third-order valence-corrected chi connectivity index (χ3v) is 3.14. The van der Waals surface area contributed by atoms with Gasteiger partial charge in [0.05, 0.1) is 6.10 Å². The average molecular weight is 200 g/mol. The number of nitrogens with zero attached hydrogens (tertiary/aromatic N) is 1. The summed E-state index contributed by atoms with van der Waals surface area (Å²) in [5.41, 5.74) is 0. The number of aliphatic hydroxyl groups excluding tert-OH is 1. The molecule has 0 radical (unpaired) electrons. The van der Waals surface area contributed by atoms with Gasteiger partial charge in [0, 0.05) is 31.2 Å². The Morgan fingerprint density at radius 1 is 1.43 bits per heavy atom. The van der Waals surface area contributed by atoms with Crippen LogP contribution in [0.15, 0.2) is 0 Å². The normalized spacial score (nSPS) is 31.3. The first kappa shape index (κ1) is 12.0. The zero-order valence-electron chi connectivity index (χ0n) is 9.83. The molecule has 0 aromatic heterocycles. The second-order valence-electron chi connectivity index (χ2n) is 4.72. The highest BCUT2D eigenvalue weighted by Crippen LogP contribution is 2.19. The largest absolute Gasteiger partial charge is 0.392 e. The fourth-order valence-electron chi connectivity index (χ4n) is 2.29. The molecule has 1 fully saturated rings. The van der Waals surface area contributed by atoms with Gasteiger partial charge in [-0.05, 0) is 34.1 Å². The van der Waals surface area contributed by atoms with Crippen LogP contribution in [0.1, 0.15) is 34.1 Å². The van der Waals surface area contributed by atoms with E-state index < -0.39 is 0 Å². The lowest BCUT2D eigenvalue weighted by Gasteiger charge is -2.28. The standard InChI is InChI=1S/C11H24N2O/c1-8(2)13-6-5-11(10(13)4)12-7-9(3)14/h8-12,14H,5-7H2,1-4H3. The molecule has 1 rings (SSSR count). The van der Waals surface area contributed by atoms with E-state index in [1.165, 1.54) is 13.0 Å². The molecule has 0 saturated carbocycles. The van der Waals surface area contributed by atoms with Gasteiger partial charge in [0.15, 0.2) is 0 Å². The van der Waals surface area contributed by atoms with Gasteiger partial charge in [-0.1, -0.05) is 0 Å². The van der Waals surface area contributed by atoms with Gasteiger partial charge >= 0.3 is 0 Å². The van der Waals surface area contributed by atoms with Crippen LogP contribution in [0.2, 0.25) is 0 Å². The molecule has 3 unspecified atom stereocenters. The molecule has 0 amide bonds. The van der Waals surface area contributed by atoms with E-state index in [-0.39, 0.29) is 6.10 Å². The first-order valence-electron chi connectivity index (χ1n) is 5.69. The van der Waals surface area contributed by atoms with Crippen LogP contribution in [-0.4, -0.2) is 47.3 Å². The number of hydrogen-bond donors (Lipinski definition) is 2. The van der Waals surface area contributed by atoms with E-state index in [4.69, 9.17) is 0 Å². The third-order valence-electron chi connectivity index (χ3n) is 3.14. The number of likely N-dealkylation sites (tertiary alicyclic amines) is 1. The maximum Gasteiger partial charge on any atom is 0.0636 e. The summed E-state index contributed by atoms with van der Waals surface area (Å²) in [4.78, 5) is 2.51. The van der Waals surface area contributed by atoms with E-state index in [9.17, 15) is 5.11 Å². The van der Waals surface area contributed by atoms with Crippen LogP contribution in [0.25, 0.3) is 0 Å². The number of aliphatic hydroxyl groups is 1. The monoisotopic (exact) mass is 200 g/mol. The van der Waals surface area contributed by atoms with E-state index in [0.717, 1.165) is 0 Å². The van der Waals surface area contributed by atoms with Gasteiger partial charge in [0.1, 0.15) is 0 Å². The van der Waals surface area contributed by atoms with Gasteiger partial charge < -0.3 is 10.4 Å². The second kappa shape index (κ2) is 5.10. The molecule has 0 bridgehead atoms. The number of nitrogens with one attached hydrogen (secondary N) is 1. The summed E-state index contributed by atoms with van der Waals surface area (Å²) in [7, 11) is 0. The fraction of sp³-hybridized carbons (Fsp3) is 1.00. The molecule has 2 N–H and O–H groups in total. The van der Waals surface area contributed by atoms with Crippen LogP contribution in [0.5, 0.6) is 0 Å². The molecule has 1 aliphatic heterocycles. The van der Waals surface area contributed by atoms with Crippen molar-refractivity contribution in [3.05, 3.63) is 0 Å². The van der Waals surface area contributed by atoms with Crippen LogP contribution in [0.4, 0.5) is 0 Å². The van der Waals surface area contributed by atoms with Crippen molar-refractivity contribution in [1.82, 2.24) is 10.2 Å². The van der Waals surface area contributed by atoms with Crippen molar-refractivity contribution in [2.75, 3.05) is 13.1 Å². The maximum absolute atomic E-state index is 9.20. The second-order valence-corrected chi connectivity index (χ2v) is 4.72. The van der Waals surface area contributed by atoms with Gasteiger partial charge in [-0.2, -0.15) is 0 Å². The van der Waals surface area contributed by atoms with Gasteiger partial charge in [-0.25, -0.2) is 0 Å². The highest BCUT2D eigenvalue weighted by Gasteiger charge is 2.31. The highest BCUT2D eigenvalue weighted by atomic mass is 16.3. The molecule has 0 aromatic carbocycles. The van der Waals surface area contributed by atoms with Crippen molar-refractivity contribution in [1.29, 1.82) is 0 Å². The molecule has 84 valence electrons. The molecule has 1 aliphatic rings. The van der Waals surface area contributed by atoms with Crippen LogP contribution in [0, 0.1) is 0 Å². The topological polar surface area (TPSA) is 35.5 Å². The predicted molar refractivity (Wildman–Crippen MR) is 59.4 cm³/mol. The predicted octanol–water partition coefficient (Wildman–Crippen LogP) is 0.828. The quantitative estimate of drug-likeness (QED) is 0.705. The summed E-state index contributed by atoms with van der Waals surface area (Å²) >= 11 is 0. The van der Waals surface area contributed by atoms with Crippen molar-refractivity contribution in [3.63, 3.8) is 0 Å². The van der Waals surface area contributed by atoms with E-state index in [1.54, 1.807) is 0 Å². The van der Waals surface area contributed by atoms with Crippen molar-refractivity contribution in [2.45, 2.75) is 58.3 Å². The summed E-state index contributed by atoms with van der Waals surface area (Å²) in [5, 5.41) is 12.6. The SMILES string of the molecule is CC(O)CNC1CCN(C(C)C)C1C. The Kier molecular flexibility index (Phi) is 4.35. The van der Waals surface area contributed by atoms with E-state index >= 15 is 0 Å². The van der Waals surface area contributed by atoms with Crippen molar-refractivity contribution >= 4 is 0 Å². The molecule has 1 saturated heterocycles. The van der Waals surface area contributed by atoms with Crippen LogP contribution < -0.4 is 5.32 Å². The Bertz CT molecular complexity index is 171. The molecular weight excluding hydrogens is 176 g/mol. The zero-order chi connectivity index (χ0) is 10.7. The lowest BCUT2D eigenvalue weighted by molar-refractivity contribution is 0.171. The van der Waals surface area contributed by atoms with Gasteiger partial charge in [0.2, 0.25) is 0 Å². The van der Waals surface area contributed by atoms with Gasteiger partial charge in [-0.3, -0.25) is 4.90 Å². The van der Waals surface area contributed by atoms with Gasteiger partial charge in [0.25, 0.3) is 0 Å². The molecular formula is C11H24N2O. The lowest BCUT2D eigenvalue weighted by Crippen LogP contribution is -2.44. The molecule has 0 spiro atoms. The van der Waals surface area contributed by atoms with Gasteiger partial charge in [-0.15, -0.1) is 0 Å². The molecule has 0 aromatic rings. The molecule has 1 heterocycles. The van der Waals surface area contributed by atoms with E-state index in [2.05, 4.69) is 31.0 Å². The molecule has 3 nitrogen and oxygen atoms in total. The molecule has 0 aliphatic carbocycles. The Hall–Kier alpha value is -0.120. The minimum absolute atomic E-state index is 0.240. The summed E-state index contributed by atoms with van der Waals surface area (Å²) in [6, 6.07) is 1.77. The molecule has 3 heteroatoms. The van der Waals surface area contributed by atoms with Crippen molar-refractivity contribution in [2.24, 2.45) is 0 Å². The van der Waals surface area contributed by atoms with Crippen molar-refractivity contribution < 1.29 is 5.11 Å². The van der Waals surface area contributed by atoms with Crippen LogP contribution in [0.3, 0.4) is 0 Å². The maximum atomic E-state index is 9.20. The summed E-state index contributed by atoms with van der Waals surface area (Å²) in [6.45, 7) is 10.5. The molecule has 14 heavy (non-hydrogen) atoms. The Morgan fingerprint density at radius 3 is 2.50 bits per heavy atom. The van der Waals surface area contributed by atoms with E-state index in [1.807, 2.05) is 6.92 Å². The Morgan fingerprint density at radius 2 is 2.07 bits per heavy atom. The highest BCUT2D eigenvalue weighted by molar-refractivity contribution is 4.90. The minimum atomic E-state index is -0.240. The fourth-order valence-corrected chi connectivity index (χ4v) is 2.29. The first-order chi connectivity index (χ1) is 6.52. The Balaban J connectivity index is 2.35. The first-order valence-corrected chi connectivity index (χ1v) is 5.69. The summed E-state index contributed by atoms with van der Waals surface area (Å²) in [5.74, 6) is 0. The minimum Gasteiger partial charge on any atom is -0.392 e.